The van der Waals surface area contributed by atoms with Gasteiger partial charge in [-0.25, -0.2) is 4.98 Å². The zero-order chi connectivity index (χ0) is 12.3. The number of rotatable bonds is 2. The van der Waals surface area contributed by atoms with Gasteiger partial charge in [0.1, 0.15) is 5.69 Å². The third kappa shape index (κ3) is 2.78. The molecule has 0 aromatic carbocycles. The molecule has 2 rings (SSSR count). The second kappa shape index (κ2) is 5.20. The molecule has 0 radical (unpaired) electrons. The lowest BCUT2D eigenvalue weighted by Crippen LogP contribution is -2.50. The number of aromatic nitrogens is 2. The summed E-state index contributed by atoms with van der Waals surface area (Å²) in [7, 11) is 0. The van der Waals surface area contributed by atoms with Gasteiger partial charge in [-0.1, -0.05) is 0 Å². The molecule has 1 aliphatic rings. The van der Waals surface area contributed by atoms with Gasteiger partial charge in [-0.05, 0) is 6.92 Å². The SMILES string of the molecule is CC1CN(C(=O)c2cnccn2)CC(CO)O1. The topological polar surface area (TPSA) is 75.6 Å². The van der Waals surface area contributed by atoms with Crippen LogP contribution in [0.2, 0.25) is 0 Å². The minimum atomic E-state index is -0.320. The fourth-order valence-corrected chi connectivity index (χ4v) is 1.88. The summed E-state index contributed by atoms with van der Waals surface area (Å²) in [5, 5.41) is 9.09. The molecule has 92 valence electrons. The summed E-state index contributed by atoms with van der Waals surface area (Å²) in [5.41, 5.74) is 0.318. The van der Waals surface area contributed by atoms with Crippen LogP contribution in [-0.4, -0.2) is 57.8 Å². The van der Waals surface area contributed by atoms with Crippen LogP contribution in [-0.2, 0) is 4.74 Å². The second-order valence-corrected chi connectivity index (χ2v) is 4.05. The molecule has 6 nitrogen and oxygen atoms in total. The van der Waals surface area contributed by atoms with Crippen LogP contribution in [0.3, 0.4) is 0 Å². The van der Waals surface area contributed by atoms with E-state index in [1.165, 1.54) is 18.6 Å². The zero-order valence-electron chi connectivity index (χ0n) is 9.61. The maximum atomic E-state index is 12.1. The van der Waals surface area contributed by atoms with Crippen molar-refractivity contribution in [3.05, 3.63) is 24.3 Å². The van der Waals surface area contributed by atoms with Gasteiger partial charge in [0.25, 0.3) is 5.91 Å². The van der Waals surface area contributed by atoms with Crippen molar-refractivity contribution in [1.29, 1.82) is 0 Å². The standard InChI is InChI=1S/C11H15N3O3/c1-8-5-14(6-9(7-15)17-8)11(16)10-4-12-2-3-13-10/h2-4,8-9,15H,5-7H2,1H3. The fraction of sp³-hybridized carbons (Fsp3) is 0.545. The van der Waals surface area contributed by atoms with E-state index in [0.717, 1.165) is 0 Å². The zero-order valence-corrected chi connectivity index (χ0v) is 9.61. The van der Waals surface area contributed by atoms with E-state index in [1.54, 1.807) is 4.90 Å². The summed E-state index contributed by atoms with van der Waals surface area (Å²) in [5.74, 6) is -0.174. The number of carbonyl (C=O) groups is 1. The number of aliphatic hydroxyl groups excluding tert-OH is 1. The maximum Gasteiger partial charge on any atom is 0.274 e. The van der Waals surface area contributed by atoms with Gasteiger partial charge < -0.3 is 14.7 Å². The van der Waals surface area contributed by atoms with E-state index in [1.807, 2.05) is 6.92 Å². The van der Waals surface area contributed by atoms with E-state index < -0.39 is 0 Å². The highest BCUT2D eigenvalue weighted by molar-refractivity contribution is 5.92. The van der Waals surface area contributed by atoms with Gasteiger partial charge in [0.15, 0.2) is 0 Å². The first kappa shape index (κ1) is 11.9. The molecule has 0 aliphatic carbocycles. The molecule has 1 aromatic heterocycles. The van der Waals surface area contributed by atoms with Crippen molar-refractivity contribution in [2.75, 3.05) is 19.7 Å². The van der Waals surface area contributed by atoms with Crippen LogP contribution in [0, 0.1) is 0 Å². The number of ether oxygens (including phenoxy) is 1. The molecule has 0 bridgehead atoms. The van der Waals surface area contributed by atoms with Crippen molar-refractivity contribution < 1.29 is 14.6 Å². The lowest BCUT2D eigenvalue weighted by Gasteiger charge is -2.35. The molecular weight excluding hydrogens is 222 g/mol. The maximum absolute atomic E-state index is 12.1. The third-order valence-corrected chi connectivity index (χ3v) is 2.60. The molecule has 6 heteroatoms. The normalized spacial score (nSPS) is 24.7. The Morgan fingerprint density at radius 2 is 2.41 bits per heavy atom. The first-order valence-electron chi connectivity index (χ1n) is 5.52. The van der Waals surface area contributed by atoms with E-state index in [0.29, 0.717) is 18.8 Å². The summed E-state index contributed by atoms with van der Waals surface area (Å²) in [6.45, 7) is 2.68. The highest BCUT2D eigenvalue weighted by atomic mass is 16.5. The van der Waals surface area contributed by atoms with Gasteiger partial charge in [0.2, 0.25) is 0 Å². The molecule has 0 spiro atoms. The van der Waals surface area contributed by atoms with Crippen LogP contribution >= 0.6 is 0 Å². The molecule has 17 heavy (non-hydrogen) atoms. The summed E-state index contributed by atoms with van der Waals surface area (Å²) < 4.78 is 5.47. The minimum absolute atomic E-state index is 0.0819. The molecule has 1 amide bonds. The number of amides is 1. The van der Waals surface area contributed by atoms with Crippen molar-refractivity contribution >= 4 is 5.91 Å². The molecule has 2 unspecified atom stereocenters. The largest absolute Gasteiger partial charge is 0.394 e. The molecule has 1 N–H and O–H groups in total. The predicted octanol–water partition coefficient (Wildman–Crippen LogP) is -0.302. The lowest BCUT2D eigenvalue weighted by molar-refractivity contribution is -0.0859. The average Bonchev–Trinajstić information content (AvgIpc) is 2.38. The Labute approximate surface area is 99.2 Å². The van der Waals surface area contributed by atoms with Gasteiger partial charge >= 0.3 is 0 Å². The van der Waals surface area contributed by atoms with Crippen LogP contribution in [0.15, 0.2) is 18.6 Å². The highest BCUT2D eigenvalue weighted by Gasteiger charge is 2.29. The van der Waals surface area contributed by atoms with Gasteiger partial charge in [-0.3, -0.25) is 9.78 Å². The number of morpholine rings is 1. The molecule has 2 heterocycles. The molecule has 1 fully saturated rings. The van der Waals surface area contributed by atoms with Gasteiger partial charge in [-0.2, -0.15) is 0 Å². The number of hydrogen-bond acceptors (Lipinski definition) is 5. The molecular formula is C11H15N3O3. The van der Waals surface area contributed by atoms with E-state index in [4.69, 9.17) is 9.84 Å². The average molecular weight is 237 g/mol. The lowest BCUT2D eigenvalue weighted by atomic mass is 10.2. The van der Waals surface area contributed by atoms with E-state index >= 15 is 0 Å². The molecule has 1 aliphatic heterocycles. The van der Waals surface area contributed by atoms with Gasteiger partial charge in [-0.15, -0.1) is 0 Å². The summed E-state index contributed by atoms with van der Waals surface area (Å²) in [6.07, 6.45) is 4.05. The van der Waals surface area contributed by atoms with Crippen LogP contribution in [0.5, 0.6) is 0 Å². The predicted molar refractivity (Wildman–Crippen MR) is 59.4 cm³/mol. The Bertz CT molecular complexity index is 385. The smallest absolute Gasteiger partial charge is 0.274 e. The van der Waals surface area contributed by atoms with Crippen molar-refractivity contribution in [1.82, 2.24) is 14.9 Å². The van der Waals surface area contributed by atoms with Crippen molar-refractivity contribution in [3.8, 4) is 0 Å². The Balaban J connectivity index is 2.09. The van der Waals surface area contributed by atoms with Crippen LogP contribution in [0.4, 0.5) is 0 Å². The Hall–Kier alpha value is -1.53. The Morgan fingerprint density at radius 3 is 3.06 bits per heavy atom. The van der Waals surface area contributed by atoms with Crippen LogP contribution < -0.4 is 0 Å². The number of hydrogen-bond donors (Lipinski definition) is 1. The van der Waals surface area contributed by atoms with Crippen molar-refractivity contribution in [2.24, 2.45) is 0 Å². The quantitative estimate of drug-likeness (QED) is 0.764. The van der Waals surface area contributed by atoms with Crippen LogP contribution in [0.25, 0.3) is 0 Å². The first-order valence-corrected chi connectivity index (χ1v) is 5.52. The Morgan fingerprint density at radius 1 is 1.59 bits per heavy atom. The second-order valence-electron chi connectivity index (χ2n) is 4.05. The third-order valence-electron chi connectivity index (χ3n) is 2.60. The Kier molecular flexibility index (Phi) is 3.65. The monoisotopic (exact) mass is 237 g/mol. The highest BCUT2D eigenvalue weighted by Crippen LogP contribution is 2.13. The fourth-order valence-electron chi connectivity index (χ4n) is 1.88. The summed E-state index contributed by atoms with van der Waals surface area (Å²) >= 11 is 0. The van der Waals surface area contributed by atoms with E-state index in [-0.39, 0.29) is 24.7 Å². The van der Waals surface area contributed by atoms with Crippen molar-refractivity contribution in [2.45, 2.75) is 19.1 Å². The molecule has 1 aromatic rings. The number of aliphatic hydroxyl groups is 1. The summed E-state index contributed by atoms with van der Waals surface area (Å²) in [4.78, 5) is 21.6. The molecule has 0 saturated carbocycles. The molecule has 2 atom stereocenters. The van der Waals surface area contributed by atoms with E-state index in [2.05, 4.69) is 9.97 Å². The van der Waals surface area contributed by atoms with Gasteiger partial charge in [0.05, 0.1) is 25.0 Å². The number of carbonyl (C=O) groups excluding carboxylic acids is 1. The van der Waals surface area contributed by atoms with Crippen LogP contribution in [0.1, 0.15) is 17.4 Å². The summed E-state index contributed by atoms with van der Waals surface area (Å²) in [6, 6.07) is 0. The number of nitrogens with zero attached hydrogens (tertiary/aromatic N) is 3. The van der Waals surface area contributed by atoms with Gasteiger partial charge in [0, 0.05) is 25.5 Å². The molecule has 1 saturated heterocycles. The van der Waals surface area contributed by atoms with Crippen molar-refractivity contribution in [3.63, 3.8) is 0 Å². The first-order chi connectivity index (χ1) is 8.20. The van der Waals surface area contributed by atoms with E-state index in [9.17, 15) is 4.79 Å². The minimum Gasteiger partial charge on any atom is -0.394 e.